The summed E-state index contributed by atoms with van der Waals surface area (Å²) in [7, 11) is -2.87. The minimum absolute atomic E-state index is 0.114. The first kappa shape index (κ1) is 12.0. The summed E-state index contributed by atoms with van der Waals surface area (Å²) < 4.78 is 23.3. The molecule has 1 aliphatic rings. The van der Waals surface area contributed by atoms with Gasteiger partial charge in [0.2, 0.25) is 0 Å². The maximum Gasteiger partial charge on any atom is 0.153 e. The average molecular weight is 261 g/mol. The summed E-state index contributed by atoms with van der Waals surface area (Å²) in [5.74, 6) is 0.326. The van der Waals surface area contributed by atoms with Crippen molar-refractivity contribution in [1.29, 1.82) is 0 Å². The van der Waals surface area contributed by atoms with Gasteiger partial charge in [-0.15, -0.1) is 11.3 Å². The third kappa shape index (κ3) is 2.61. The molecule has 0 bridgehead atoms. The number of thiazole rings is 1. The van der Waals surface area contributed by atoms with Crippen molar-refractivity contribution in [2.24, 2.45) is 0 Å². The molecule has 1 N–H and O–H groups in total. The molecule has 1 atom stereocenters. The Bertz CT molecular complexity index is 452. The lowest BCUT2D eigenvalue weighted by molar-refractivity contribution is 0.300. The highest BCUT2D eigenvalue weighted by Gasteiger charge is 2.31. The van der Waals surface area contributed by atoms with Crippen LogP contribution in [0, 0.1) is 0 Å². The molecule has 1 aromatic rings. The molecule has 16 heavy (non-hydrogen) atoms. The normalized spacial score (nSPS) is 23.7. The number of hydrogen-bond acceptors (Lipinski definition) is 5. The molecule has 1 unspecified atom stereocenters. The standard InChI is InChI=1S/C10H15NO3S2/c12-4-3-8-7-11-10(15-8)6-9-2-1-5-16(9,13)14/h7,9,12H,1-6H2. The van der Waals surface area contributed by atoms with E-state index in [1.165, 1.54) is 11.3 Å². The minimum atomic E-state index is -2.87. The SMILES string of the molecule is O=S1(=O)CCCC1Cc1ncc(CCO)s1. The Morgan fingerprint density at radius 1 is 1.56 bits per heavy atom. The second kappa shape index (κ2) is 4.81. The molecule has 0 aromatic carbocycles. The van der Waals surface area contributed by atoms with Gasteiger partial charge in [-0.25, -0.2) is 13.4 Å². The summed E-state index contributed by atoms with van der Waals surface area (Å²) in [6.07, 6.45) is 4.42. The van der Waals surface area contributed by atoms with Crippen LogP contribution in [-0.4, -0.2) is 36.1 Å². The van der Waals surface area contributed by atoms with E-state index in [4.69, 9.17) is 5.11 Å². The van der Waals surface area contributed by atoms with E-state index in [1.807, 2.05) is 0 Å². The molecule has 1 saturated heterocycles. The zero-order chi connectivity index (χ0) is 11.6. The highest BCUT2D eigenvalue weighted by Crippen LogP contribution is 2.25. The molecular weight excluding hydrogens is 246 g/mol. The van der Waals surface area contributed by atoms with Crippen LogP contribution in [0.15, 0.2) is 6.20 Å². The third-order valence-electron chi connectivity index (χ3n) is 2.82. The van der Waals surface area contributed by atoms with E-state index < -0.39 is 9.84 Å². The van der Waals surface area contributed by atoms with Gasteiger partial charge in [0, 0.05) is 30.5 Å². The Morgan fingerprint density at radius 2 is 2.38 bits per heavy atom. The fraction of sp³-hybridized carbons (Fsp3) is 0.700. The zero-order valence-corrected chi connectivity index (χ0v) is 10.6. The lowest BCUT2D eigenvalue weighted by atomic mass is 10.2. The van der Waals surface area contributed by atoms with Crippen molar-refractivity contribution in [3.05, 3.63) is 16.1 Å². The lowest BCUT2D eigenvalue weighted by Crippen LogP contribution is -2.18. The summed E-state index contributed by atoms with van der Waals surface area (Å²) in [6.45, 7) is 0.114. The van der Waals surface area contributed by atoms with Gasteiger partial charge in [0.25, 0.3) is 0 Å². The number of sulfone groups is 1. The Labute approximate surface area is 99.3 Å². The molecular formula is C10H15NO3S2. The van der Waals surface area contributed by atoms with Crippen molar-refractivity contribution < 1.29 is 13.5 Å². The topological polar surface area (TPSA) is 67.3 Å². The number of aliphatic hydroxyl groups excluding tert-OH is 1. The molecule has 0 spiro atoms. The van der Waals surface area contributed by atoms with Crippen molar-refractivity contribution in [3.8, 4) is 0 Å². The number of nitrogens with zero attached hydrogens (tertiary/aromatic N) is 1. The molecule has 2 rings (SSSR count). The molecule has 6 heteroatoms. The summed E-state index contributed by atoms with van der Waals surface area (Å²) >= 11 is 1.51. The van der Waals surface area contributed by atoms with Gasteiger partial charge in [-0.2, -0.15) is 0 Å². The van der Waals surface area contributed by atoms with Crippen LogP contribution in [0.2, 0.25) is 0 Å². The van der Waals surface area contributed by atoms with Gasteiger partial charge >= 0.3 is 0 Å². The van der Waals surface area contributed by atoms with Gasteiger partial charge in [-0.1, -0.05) is 0 Å². The zero-order valence-electron chi connectivity index (χ0n) is 8.92. The van der Waals surface area contributed by atoms with E-state index in [0.717, 1.165) is 22.7 Å². The molecule has 0 amide bonds. The molecule has 90 valence electrons. The van der Waals surface area contributed by atoms with Crippen LogP contribution in [0.25, 0.3) is 0 Å². The number of aliphatic hydroxyl groups is 1. The van der Waals surface area contributed by atoms with E-state index >= 15 is 0 Å². The number of rotatable bonds is 4. The highest BCUT2D eigenvalue weighted by molar-refractivity contribution is 7.92. The van der Waals surface area contributed by atoms with Gasteiger partial charge in [0.1, 0.15) is 0 Å². The van der Waals surface area contributed by atoms with Crippen LogP contribution in [-0.2, 0) is 22.7 Å². The van der Waals surface area contributed by atoms with E-state index in [1.54, 1.807) is 6.20 Å². The monoisotopic (exact) mass is 261 g/mol. The maximum absolute atomic E-state index is 11.6. The van der Waals surface area contributed by atoms with Crippen LogP contribution in [0.5, 0.6) is 0 Å². The predicted molar refractivity (Wildman–Crippen MR) is 63.4 cm³/mol. The Morgan fingerprint density at radius 3 is 3.00 bits per heavy atom. The molecule has 1 aliphatic heterocycles. The Kier molecular flexibility index (Phi) is 3.61. The minimum Gasteiger partial charge on any atom is -0.396 e. The molecule has 0 saturated carbocycles. The summed E-state index contributed by atoms with van der Waals surface area (Å²) in [5.41, 5.74) is 0. The van der Waals surface area contributed by atoms with Crippen LogP contribution >= 0.6 is 11.3 Å². The second-order valence-electron chi connectivity index (χ2n) is 4.03. The fourth-order valence-corrected chi connectivity index (χ4v) is 4.89. The van der Waals surface area contributed by atoms with Crippen LogP contribution in [0.1, 0.15) is 22.7 Å². The van der Waals surface area contributed by atoms with Gasteiger partial charge < -0.3 is 5.11 Å². The van der Waals surface area contributed by atoms with E-state index in [-0.39, 0.29) is 11.9 Å². The summed E-state index contributed by atoms with van der Waals surface area (Å²) in [5, 5.41) is 9.42. The van der Waals surface area contributed by atoms with Crippen LogP contribution < -0.4 is 0 Å². The Balaban J connectivity index is 2.03. The third-order valence-corrected chi connectivity index (χ3v) is 6.18. The van der Waals surface area contributed by atoms with Crippen molar-refractivity contribution in [3.63, 3.8) is 0 Å². The van der Waals surface area contributed by atoms with Gasteiger partial charge in [-0.3, -0.25) is 0 Å². The fourth-order valence-electron chi connectivity index (χ4n) is 1.95. The van der Waals surface area contributed by atoms with Crippen molar-refractivity contribution in [2.45, 2.75) is 30.9 Å². The van der Waals surface area contributed by atoms with Gasteiger partial charge in [-0.05, 0) is 12.8 Å². The molecule has 4 nitrogen and oxygen atoms in total. The van der Waals surface area contributed by atoms with Crippen LogP contribution in [0.4, 0.5) is 0 Å². The molecule has 1 fully saturated rings. The summed E-state index contributed by atoms with van der Waals surface area (Å²) in [6, 6.07) is 0. The largest absolute Gasteiger partial charge is 0.396 e. The second-order valence-corrected chi connectivity index (χ2v) is 7.63. The summed E-state index contributed by atoms with van der Waals surface area (Å²) in [4.78, 5) is 5.23. The first-order valence-electron chi connectivity index (χ1n) is 5.38. The van der Waals surface area contributed by atoms with E-state index in [0.29, 0.717) is 18.6 Å². The first-order chi connectivity index (χ1) is 7.62. The lowest BCUT2D eigenvalue weighted by Gasteiger charge is -2.05. The van der Waals surface area contributed by atoms with Crippen molar-refractivity contribution in [2.75, 3.05) is 12.4 Å². The highest BCUT2D eigenvalue weighted by atomic mass is 32.2. The van der Waals surface area contributed by atoms with E-state index in [9.17, 15) is 8.42 Å². The Hall–Kier alpha value is -0.460. The first-order valence-corrected chi connectivity index (χ1v) is 7.91. The van der Waals surface area contributed by atoms with Gasteiger partial charge in [0.15, 0.2) is 9.84 Å². The number of aromatic nitrogens is 1. The van der Waals surface area contributed by atoms with Crippen LogP contribution in [0.3, 0.4) is 0 Å². The average Bonchev–Trinajstić information content (AvgIpc) is 2.76. The molecule has 0 radical (unpaired) electrons. The van der Waals surface area contributed by atoms with Gasteiger partial charge in [0.05, 0.1) is 16.0 Å². The maximum atomic E-state index is 11.6. The predicted octanol–water partition coefficient (Wildman–Crippen LogP) is 0.798. The van der Waals surface area contributed by atoms with E-state index in [2.05, 4.69) is 4.98 Å². The molecule has 0 aliphatic carbocycles. The number of hydrogen-bond donors (Lipinski definition) is 1. The quantitative estimate of drug-likeness (QED) is 0.870. The van der Waals surface area contributed by atoms with Crippen molar-refractivity contribution in [1.82, 2.24) is 4.98 Å². The smallest absolute Gasteiger partial charge is 0.153 e. The molecule has 2 heterocycles. The van der Waals surface area contributed by atoms with Crippen molar-refractivity contribution >= 4 is 21.2 Å². The molecule has 1 aromatic heterocycles.